The van der Waals surface area contributed by atoms with Crippen molar-refractivity contribution in [2.45, 2.75) is 6.54 Å². The number of para-hydroxylation sites is 1. The van der Waals surface area contributed by atoms with Crippen molar-refractivity contribution in [3.05, 3.63) is 101 Å². The van der Waals surface area contributed by atoms with E-state index < -0.39 is 11.7 Å². The fourth-order valence-electron chi connectivity index (χ4n) is 3.09. The number of carbonyl (C=O) groups excluding carboxylic acids is 1. The van der Waals surface area contributed by atoms with Gasteiger partial charge in [-0.3, -0.25) is 4.79 Å². The first kappa shape index (κ1) is 19.8. The van der Waals surface area contributed by atoms with Crippen LogP contribution in [0.4, 0.5) is 4.39 Å². The first-order chi connectivity index (χ1) is 14.5. The number of rotatable bonds is 5. The molecule has 0 unspecified atom stereocenters. The molecule has 1 heterocycles. The van der Waals surface area contributed by atoms with E-state index >= 15 is 0 Å². The van der Waals surface area contributed by atoms with Gasteiger partial charge in [0, 0.05) is 23.2 Å². The first-order valence-corrected chi connectivity index (χ1v) is 9.68. The standard InChI is InChI=1S/C23H18ClFN4O/c1-28(15-18-19(24)13-8-14-20(18)25)23(30)21-26-22(16-9-4-2-5-10-16)29(27-21)17-11-6-3-7-12-17/h2-14H,15H2,1H3. The van der Waals surface area contributed by atoms with E-state index in [4.69, 9.17) is 11.6 Å². The van der Waals surface area contributed by atoms with Gasteiger partial charge in [0.1, 0.15) is 5.82 Å². The molecule has 0 atom stereocenters. The molecule has 4 aromatic rings. The van der Waals surface area contributed by atoms with Crippen LogP contribution >= 0.6 is 11.6 Å². The number of amides is 1. The lowest BCUT2D eigenvalue weighted by Crippen LogP contribution is -2.28. The van der Waals surface area contributed by atoms with Crippen LogP contribution in [0, 0.1) is 5.82 Å². The van der Waals surface area contributed by atoms with Crippen LogP contribution in [-0.2, 0) is 6.54 Å². The summed E-state index contributed by atoms with van der Waals surface area (Å²) < 4.78 is 15.8. The van der Waals surface area contributed by atoms with Crippen molar-refractivity contribution in [3.63, 3.8) is 0 Å². The number of hydrogen-bond donors (Lipinski definition) is 0. The van der Waals surface area contributed by atoms with Crippen LogP contribution in [0.1, 0.15) is 16.2 Å². The van der Waals surface area contributed by atoms with Crippen LogP contribution in [0.15, 0.2) is 78.9 Å². The molecule has 5 nitrogen and oxygen atoms in total. The molecule has 0 saturated heterocycles. The summed E-state index contributed by atoms with van der Waals surface area (Å²) in [6.07, 6.45) is 0. The minimum Gasteiger partial charge on any atom is -0.334 e. The Morgan fingerprint density at radius 3 is 2.33 bits per heavy atom. The monoisotopic (exact) mass is 420 g/mol. The number of carbonyl (C=O) groups is 1. The summed E-state index contributed by atoms with van der Waals surface area (Å²) in [6.45, 7) is 0.00485. The van der Waals surface area contributed by atoms with Crippen molar-refractivity contribution < 1.29 is 9.18 Å². The van der Waals surface area contributed by atoms with Crippen molar-refractivity contribution in [2.75, 3.05) is 7.05 Å². The fraction of sp³-hybridized carbons (Fsp3) is 0.0870. The van der Waals surface area contributed by atoms with Gasteiger partial charge in [-0.15, -0.1) is 5.10 Å². The van der Waals surface area contributed by atoms with E-state index in [1.165, 1.54) is 17.0 Å². The Morgan fingerprint density at radius 1 is 1.00 bits per heavy atom. The maximum Gasteiger partial charge on any atom is 0.293 e. The van der Waals surface area contributed by atoms with E-state index in [1.54, 1.807) is 17.8 Å². The van der Waals surface area contributed by atoms with Crippen LogP contribution in [0.3, 0.4) is 0 Å². The number of hydrogen-bond acceptors (Lipinski definition) is 3. The van der Waals surface area contributed by atoms with E-state index in [1.807, 2.05) is 60.7 Å². The lowest BCUT2D eigenvalue weighted by atomic mass is 10.2. The maximum absolute atomic E-state index is 14.1. The molecule has 1 amide bonds. The minimum absolute atomic E-state index is 0.00485. The molecule has 0 aliphatic rings. The Labute approximate surface area is 178 Å². The normalized spacial score (nSPS) is 10.8. The topological polar surface area (TPSA) is 51.0 Å². The van der Waals surface area contributed by atoms with Gasteiger partial charge in [0.2, 0.25) is 5.82 Å². The zero-order valence-electron chi connectivity index (χ0n) is 16.2. The molecule has 0 radical (unpaired) electrons. The molecule has 0 spiro atoms. The van der Waals surface area contributed by atoms with Crippen LogP contribution in [0.2, 0.25) is 5.02 Å². The molecule has 0 N–H and O–H groups in total. The van der Waals surface area contributed by atoms with Gasteiger partial charge in [0.25, 0.3) is 5.91 Å². The predicted octanol–water partition coefficient (Wildman–Crippen LogP) is 5.00. The summed E-state index contributed by atoms with van der Waals surface area (Å²) in [4.78, 5) is 18.9. The third kappa shape index (κ3) is 3.95. The Bertz CT molecular complexity index is 1100. The summed E-state index contributed by atoms with van der Waals surface area (Å²) in [5.41, 5.74) is 1.86. The molecule has 0 aliphatic carbocycles. The molecule has 0 saturated carbocycles. The smallest absolute Gasteiger partial charge is 0.293 e. The zero-order valence-corrected chi connectivity index (χ0v) is 16.9. The first-order valence-electron chi connectivity index (χ1n) is 9.31. The van der Waals surface area contributed by atoms with E-state index in [0.29, 0.717) is 5.82 Å². The van der Waals surface area contributed by atoms with Crippen molar-refractivity contribution >= 4 is 17.5 Å². The summed E-state index contributed by atoms with van der Waals surface area (Å²) in [5.74, 6) is -0.328. The molecular formula is C23H18ClFN4O. The van der Waals surface area contributed by atoms with Gasteiger partial charge in [-0.25, -0.2) is 14.1 Å². The number of nitrogens with zero attached hydrogens (tertiary/aromatic N) is 4. The summed E-state index contributed by atoms with van der Waals surface area (Å²) in [7, 11) is 1.57. The van der Waals surface area contributed by atoms with Crippen LogP contribution < -0.4 is 0 Å². The van der Waals surface area contributed by atoms with Gasteiger partial charge >= 0.3 is 0 Å². The van der Waals surface area contributed by atoms with Crippen molar-refractivity contribution in [3.8, 4) is 17.1 Å². The Hall–Kier alpha value is -3.51. The molecule has 0 bridgehead atoms. The summed E-state index contributed by atoms with van der Waals surface area (Å²) in [6, 6.07) is 23.4. The second-order valence-corrected chi connectivity index (χ2v) is 7.14. The zero-order chi connectivity index (χ0) is 21.1. The molecule has 1 aromatic heterocycles. The Morgan fingerprint density at radius 2 is 1.67 bits per heavy atom. The van der Waals surface area contributed by atoms with Gasteiger partial charge < -0.3 is 4.90 Å². The second kappa shape index (κ2) is 8.47. The molecule has 150 valence electrons. The minimum atomic E-state index is -0.463. The van der Waals surface area contributed by atoms with Crippen molar-refractivity contribution in [1.82, 2.24) is 19.7 Å². The summed E-state index contributed by atoms with van der Waals surface area (Å²) >= 11 is 6.10. The van der Waals surface area contributed by atoms with E-state index in [2.05, 4.69) is 10.1 Å². The molecular weight excluding hydrogens is 403 g/mol. The largest absolute Gasteiger partial charge is 0.334 e. The van der Waals surface area contributed by atoms with Crippen LogP contribution in [0.5, 0.6) is 0 Å². The lowest BCUT2D eigenvalue weighted by molar-refractivity contribution is 0.0772. The summed E-state index contributed by atoms with van der Waals surface area (Å²) in [5, 5.41) is 4.72. The highest BCUT2D eigenvalue weighted by atomic mass is 35.5. The molecule has 4 rings (SSSR count). The number of benzene rings is 3. The molecule has 7 heteroatoms. The maximum atomic E-state index is 14.1. The van der Waals surface area contributed by atoms with Gasteiger partial charge in [0.05, 0.1) is 12.2 Å². The molecule has 3 aromatic carbocycles. The average molecular weight is 421 g/mol. The van der Waals surface area contributed by atoms with Gasteiger partial charge in [0.15, 0.2) is 5.82 Å². The predicted molar refractivity (Wildman–Crippen MR) is 114 cm³/mol. The third-order valence-electron chi connectivity index (χ3n) is 4.63. The SMILES string of the molecule is CN(Cc1c(F)cccc1Cl)C(=O)c1nc(-c2ccccc2)n(-c2ccccc2)n1. The van der Waals surface area contributed by atoms with E-state index in [0.717, 1.165) is 11.3 Å². The Balaban J connectivity index is 1.70. The quantitative estimate of drug-likeness (QED) is 0.456. The lowest BCUT2D eigenvalue weighted by Gasteiger charge is -2.16. The highest BCUT2D eigenvalue weighted by Gasteiger charge is 2.23. The Kier molecular flexibility index (Phi) is 5.59. The van der Waals surface area contributed by atoms with Gasteiger partial charge in [-0.05, 0) is 24.3 Å². The molecule has 0 fully saturated rings. The number of halogens is 2. The highest BCUT2D eigenvalue weighted by Crippen LogP contribution is 2.23. The van der Waals surface area contributed by atoms with Crippen molar-refractivity contribution in [1.29, 1.82) is 0 Å². The number of aromatic nitrogens is 3. The van der Waals surface area contributed by atoms with Crippen LogP contribution in [-0.4, -0.2) is 32.6 Å². The highest BCUT2D eigenvalue weighted by molar-refractivity contribution is 6.31. The molecule has 0 aliphatic heterocycles. The average Bonchev–Trinajstić information content (AvgIpc) is 3.22. The molecule has 30 heavy (non-hydrogen) atoms. The van der Waals surface area contributed by atoms with E-state index in [-0.39, 0.29) is 23.0 Å². The van der Waals surface area contributed by atoms with Crippen LogP contribution in [0.25, 0.3) is 17.1 Å². The van der Waals surface area contributed by atoms with E-state index in [9.17, 15) is 9.18 Å². The second-order valence-electron chi connectivity index (χ2n) is 6.73. The fourth-order valence-corrected chi connectivity index (χ4v) is 3.31. The van der Waals surface area contributed by atoms with Crippen molar-refractivity contribution in [2.24, 2.45) is 0 Å². The van der Waals surface area contributed by atoms with Gasteiger partial charge in [-0.1, -0.05) is 66.2 Å². The third-order valence-corrected chi connectivity index (χ3v) is 4.99. The van der Waals surface area contributed by atoms with Gasteiger partial charge in [-0.2, -0.15) is 0 Å².